The SMILES string of the molecule is C=C(CC)NCCC(=C)N(C)N(C)OC. The van der Waals surface area contributed by atoms with E-state index in [-0.39, 0.29) is 0 Å². The van der Waals surface area contributed by atoms with E-state index in [0.717, 1.165) is 30.8 Å². The zero-order chi connectivity index (χ0) is 11.8. The highest BCUT2D eigenvalue weighted by Gasteiger charge is 2.06. The second-order valence-electron chi connectivity index (χ2n) is 3.37. The summed E-state index contributed by atoms with van der Waals surface area (Å²) in [7, 11) is 5.38. The third-order valence-corrected chi connectivity index (χ3v) is 2.36. The minimum absolute atomic E-state index is 0.855. The topological polar surface area (TPSA) is 27.7 Å². The molecule has 0 unspecified atom stereocenters. The molecule has 0 bridgehead atoms. The van der Waals surface area contributed by atoms with Gasteiger partial charge < -0.3 is 5.32 Å². The van der Waals surface area contributed by atoms with Crippen molar-refractivity contribution >= 4 is 0 Å². The van der Waals surface area contributed by atoms with Crippen LogP contribution >= 0.6 is 0 Å². The van der Waals surface area contributed by atoms with E-state index in [1.165, 1.54) is 0 Å². The van der Waals surface area contributed by atoms with Gasteiger partial charge in [-0.05, 0) is 6.42 Å². The summed E-state index contributed by atoms with van der Waals surface area (Å²) in [5, 5.41) is 6.74. The van der Waals surface area contributed by atoms with Crippen LogP contribution in [0.2, 0.25) is 0 Å². The lowest BCUT2D eigenvalue weighted by Crippen LogP contribution is -2.35. The van der Waals surface area contributed by atoms with E-state index >= 15 is 0 Å². The van der Waals surface area contributed by atoms with Gasteiger partial charge in [0.1, 0.15) is 0 Å². The quantitative estimate of drug-likeness (QED) is 0.622. The van der Waals surface area contributed by atoms with Crippen molar-refractivity contribution in [1.82, 2.24) is 15.5 Å². The van der Waals surface area contributed by atoms with Gasteiger partial charge in [0.2, 0.25) is 0 Å². The van der Waals surface area contributed by atoms with Gasteiger partial charge in [0.25, 0.3) is 0 Å². The van der Waals surface area contributed by atoms with Crippen LogP contribution in [-0.2, 0) is 4.84 Å². The summed E-state index contributed by atoms with van der Waals surface area (Å²) in [5.41, 5.74) is 2.06. The van der Waals surface area contributed by atoms with Crippen molar-refractivity contribution in [1.29, 1.82) is 0 Å². The lowest BCUT2D eigenvalue weighted by Gasteiger charge is -2.29. The summed E-state index contributed by atoms with van der Waals surface area (Å²) in [6.07, 6.45) is 1.82. The summed E-state index contributed by atoms with van der Waals surface area (Å²) < 4.78 is 0. The second kappa shape index (κ2) is 7.31. The standard InChI is InChI=1S/C11H23N3O/c1-7-10(2)12-9-8-11(3)13(4)14(5)15-6/h12H,2-3,7-9H2,1,4-6H3. The van der Waals surface area contributed by atoms with E-state index in [1.54, 1.807) is 12.3 Å². The maximum atomic E-state index is 5.04. The molecule has 0 amide bonds. The average molecular weight is 213 g/mol. The first-order chi connectivity index (χ1) is 7.02. The molecule has 0 aromatic carbocycles. The minimum Gasteiger partial charge on any atom is -0.388 e. The molecular formula is C11H23N3O. The molecule has 0 radical (unpaired) electrons. The van der Waals surface area contributed by atoms with Crippen LogP contribution in [0.3, 0.4) is 0 Å². The van der Waals surface area contributed by atoms with Crippen LogP contribution < -0.4 is 5.32 Å². The van der Waals surface area contributed by atoms with E-state index in [1.807, 2.05) is 19.1 Å². The van der Waals surface area contributed by atoms with Gasteiger partial charge in [-0.3, -0.25) is 9.85 Å². The van der Waals surface area contributed by atoms with Gasteiger partial charge >= 0.3 is 0 Å². The average Bonchev–Trinajstić information content (AvgIpc) is 2.26. The molecule has 15 heavy (non-hydrogen) atoms. The molecule has 0 saturated heterocycles. The fourth-order valence-electron chi connectivity index (χ4n) is 0.992. The first-order valence-corrected chi connectivity index (χ1v) is 5.13. The van der Waals surface area contributed by atoms with E-state index < -0.39 is 0 Å². The van der Waals surface area contributed by atoms with E-state index in [0.29, 0.717) is 0 Å². The predicted octanol–water partition coefficient (Wildman–Crippen LogP) is 1.74. The Labute approximate surface area is 93.1 Å². The zero-order valence-electron chi connectivity index (χ0n) is 10.3. The highest BCUT2D eigenvalue weighted by molar-refractivity contribution is 4.94. The summed E-state index contributed by atoms with van der Waals surface area (Å²) in [4.78, 5) is 5.04. The molecule has 0 spiro atoms. The van der Waals surface area contributed by atoms with Crippen LogP contribution in [0.25, 0.3) is 0 Å². The van der Waals surface area contributed by atoms with Crippen molar-refractivity contribution in [3.8, 4) is 0 Å². The Morgan fingerprint density at radius 2 is 1.93 bits per heavy atom. The number of hydrogen-bond donors (Lipinski definition) is 1. The molecule has 4 heteroatoms. The maximum Gasteiger partial charge on any atom is 0.0596 e. The summed E-state index contributed by atoms with van der Waals surface area (Å²) >= 11 is 0. The zero-order valence-corrected chi connectivity index (χ0v) is 10.3. The predicted molar refractivity (Wildman–Crippen MR) is 63.7 cm³/mol. The summed E-state index contributed by atoms with van der Waals surface area (Å²) in [6, 6.07) is 0. The van der Waals surface area contributed by atoms with E-state index in [9.17, 15) is 0 Å². The molecule has 88 valence electrons. The molecular weight excluding hydrogens is 190 g/mol. The van der Waals surface area contributed by atoms with Crippen LogP contribution in [-0.4, -0.2) is 37.9 Å². The third kappa shape index (κ3) is 5.44. The Balaban J connectivity index is 3.78. The molecule has 0 rings (SSSR count). The highest BCUT2D eigenvalue weighted by Crippen LogP contribution is 2.06. The Kier molecular flexibility index (Phi) is 6.83. The Morgan fingerprint density at radius 3 is 2.40 bits per heavy atom. The minimum atomic E-state index is 0.855. The molecule has 0 fully saturated rings. The van der Waals surface area contributed by atoms with Crippen molar-refractivity contribution in [2.75, 3.05) is 27.7 Å². The number of rotatable bonds is 8. The Morgan fingerprint density at radius 1 is 1.33 bits per heavy atom. The smallest absolute Gasteiger partial charge is 0.0596 e. The number of allylic oxidation sites excluding steroid dienone is 1. The third-order valence-electron chi connectivity index (χ3n) is 2.36. The van der Waals surface area contributed by atoms with Crippen LogP contribution in [0, 0.1) is 0 Å². The molecule has 0 heterocycles. The number of hydroxylamine groups is 1. The Hall–Kier alpha value is -1.00. The molecule has 0 aromatic rings. The van der Waals surface area contributed by atoms with Crippen molar-refractivity contribution in [3.63, 3.8) is 0 Å². The highest BCUT2D eigenvalue weighted by atomic mass is 16.7. The van der Waals surface area contributed by atoms with Gasteiger partial charge in [-0.25, -0.2) is 0 Å². The van der Waals surface area contributed by atoms with Gasteiger partial charge in [-0.1, -0.05) is 20.1 Å². The second-order valence-corrected chi connectivity index (χ2v) is 3.37. The van der Waals surface area contributed by atoms with E-state index in [2.05, 4.69) is 25.4 Å². The molecule has 0 saturated carbocycles. The van der Waals surface area contributed by atoms with Crippen LogP contribution in [0.1, 0.15) is 19.8 Å². The number of nitrogens with one attached hydrogen (secondary N) is 1. The first-order valence-electron chi connectivity index (χ1n) is 5.13. The molecule has 1 N–H and O–H groups in total. The fourth-order valence-corrected chi connectivity index (χ4v) is 0.992. The van der Waals surface area contributed by atoms with Crippen molar-refractivity contribution < 1.29 is 4.84 Å². The largest absolute Gasteiger partial charge is 0.388 e. The first kappa shape index (κ1) is 14.0. The molecule has 0 aromatic heterocycles. The van der Waals surface area contributed by atoms with Crippen LogP contribution in [0.5, 0.6) is 0 Å². The van der Waals surface area contributed by atoms with Crippen LogP contribution in [0.4, 0.5) is 0 Å². The number of hydrogen-bond acceptors (Lipinski definition) is 4. The van der Waals surface area contributed by atoms with Gasteiger partial charge in [-0.2, -0.15) is 0 Å². The van der Waals surface area contributed by atoms with Gasteiger partial charge in [0.05, 0.1) is 7.11 Å². The van der Waals surface area contributed by atoms with E-state index in [4.69, 9.17) is 4.84 Å². The van der Waals surface area contributed by atoms with Gasteiger partial charge in [0.15, 0.2) is 0 Å². The number of hydrazine groups is 1. The Bertz CT molecular complexity index is 216. The van der Waals surface area contributed by atoms with Crippen molar-refractivity contribution in [3.05, 3.63) is 24.6 Å². The summed E-state index contributed by atoms with van der Waals surface area (Å²) in [5.74, 6) is 0. The molecule has 0 aliphatic heterocycles. The lowest BCUT2D eigenvalue weighted by molar-refractivity contribution is -0.226. The van der Waals surface area contributed by atoms with Crippen molar-refractivity contribution in [2.24, 2.45) is 0 Å². The van der Waals surface area contributed by atoms with Gasteiger partial charge in [-0.15, -0.1) is 5.17 Å². The molecule has 0 aliphatic carbocycles. The number of nitrogens with zero attached hydrogens (tertiary/aromatic N) is 2. The fraction of sp³-hybridized carbons (Fsp3) is 0.636. The summed E-state index contributed by atoms with van der Waals surface area (Å²) in [6.45, 7) is 10.8. The normalized spacial score (nSPS) is 10.2. The van der Waals surface area contributed by atoms with Crippen LogP contribution in [0.15, 0.2) is 24.6 Å². The molecule has 0 aliphatic rings. The maximum absolute atomic E-state index is 5.04. The molecule has 4 nitrogen and oxygen atoms in total. The molecule has 0 atom stereocenters. The van der Waals surface area contributed by atoms with Gasteiger partial charge in [0, 0.05) is 38.5 Å². The van der Waals surface area contributed by atoms with Crippen molar-refractivity contribution in [2.45, 2.75) is 19.8 Å². The monoisotopic (exact) mass is 213 g/mol. The lowest BCUT2D eigenvalue weighted by atomic mass is 10.3.